The van der Waals surface area contributed by atoms with Gasteiger partial charge >= 0.3 is 0 Å². The molecule has 2 rings (SSSR count). The van der Waals surface area contributed by atoms with Crippen molar-refractivity contribution in [2.24, 2.45) is 17.3 Å². The van der Waals surface area contributed by atoms with Crippen LogP contribution in [0.1, 0.15) is 40.5 Å². The summed E-state index contributed by atoms with van der Waals surface area (Å²) in [5, 5.41) is 0. The van der Waals surface area contributed by atoms with Crippen molar-refractivity contribution in [2.75, 3.05) is 0 Å². The SMILES string of the molecule is CC1=C2C(CCC1C)C2(C)C. The van der Waals surface area contributed by atoms with Crippen molar-refractivity contribution < 1.29 is 0 Å². The first-order valence-corrected chi connectivity index (χ1v) is 4.76. The maximum absolute atomic E-state index is 2.40. The minimum atomic E-state index is 0.578. The van der Waals surface area contributed by atoms with Crippen LogP contribution in [0.5, 0.6) is 0 Å². The summed E-state index contributed by atoms with van der Waals surface area (Å²) < 4.78 is 0. The fourth-order valence-electron chi connectivity index (χ4n) is 2.83. The van der Waals surface area contributed by atoms with E-state index in [0.29, 0.717) is 5.41 Å². The van der Waals surface area contributed by atoms with Gasteiger partial charge in [-0.25, -0.2) is 0 Å². The average molecular weight is 150 g/mol. The van der Waals surface area contributed by atoms with Crippen LogP contribution in [0.25, 0.3) is 0 Å². The first-order chi connectivity index (χ1) is 5.05. The van der Waals surface area contributed by atoms with Crippen LogP contribution in [0, 0.1) is 17.3 Å². The van der Waals surface area contributed by atoms with Crippen molar-refractivity contribution in [3.8, 4) is 0 Å². The summed E-state index contributed by atoms with van der Waals surface area (Å²) in [7, 11) is 0. The molecule has 0 aromatic rings. The highest BCUT2D eigenvalue weighted by atomic mass is 14.6. The van der Waals surface area contributed by atoms with E-state index in [2.05, 4.69) is 27.7 Å². The Morgan fingerprint density at radius 1 is 1.27 bits per heavy atom. The lowest BCUT2D eigenvalue weighted by Crippen LogP contribution is -2.01. The zero-order valence-electron chi connectivity index (χ0n) is 8.07. The van der Waals surface area contributed by atoms with Crippen LogP contribution < -0.4 is 0 Å². The van der Waals surface area contributed by atoms with Crippen molar-refractivity contribution in [3.63, 3.8) is 0 Å². The molecule has 0 nitrogen and oxygen atoms in total. The third kappa shape index (κ3) is 0.816. The van der Waals surface area contributed by atoms with Crippen molar-refractivity contribution in [1.82, 2.24) is 0 Å². The maximum atomic E-state index is 2.40. The Bertz CT molecular complexity index is 220. The zero-order chi connectivity index (χ0) is 8.22. The van der Waals surface area contributed by atoms with E-state index in [9.17, 15) is 0 Å². The lowest BCUT2D eigenvalue weighted by Gasteiger charge is -2.15. The van der Waals surface area contributed by atoms with Crippen LogP contribution in [-0.4, -0.2) is 0 Å². The largest absolute Gasteiger partial charge is 0.0704 e. The molecule has 0 aliphatic heterocycles. The molecular formula is C11H18. The van der Waals surface area contributed by atoms with Crippen LogP contribution in [0.4, 0.5) is 0 Å². The Morgan fingerprint density at radius 3 is 2.45 bits per heavy atom. The molecule has 1 saturated carbocycles. The van der Waals surface area contributed by atoms with E-state index in [-0.39, 0.29) is 0 Å². The Labute approximate surface area is 69.7 Å². The molecule has 2 aliphatic carbocycles. The highest BCUT2D eigenvalue weighted by Crippen LogP contribution is 2.64. The molecule has 0 spiro atoms. The van der Waals surface area contributed by atoms with Crippen LogP contribution >= 0.6 is 0 Å². The lowest BCUT2D eigenvalue weighted by atomic mass is 9.91. The Morgan fingerprint density at radius 2 is 1.91 bits per heavy atom. The van der Waals surface area contributed by atoms with Crippen molar-refractivity contribution in [2.45, 2.75) is 40.5 Å². The van der Waals surface area contributed by atoms with Crippen LogP contribution in [-0.2, 0) is 0 Å². The second-order valence-corrected chi connectivity index (χ2v) is 4.85. The molecule has 11 heavy (non-hydrogen) atoms. The average Bonchev–Trinajstić information content (AvgIpc) is 2.46. The fourth-order valence-corrected chi connectivity index (χ4v) is 2.83. The van der Waals surface area contributed by atoms with Crippen LogP contribution in [0.3, 0.4) is 0 Å². The Hall–Kier alpha value is -0.260. The summed E-state index contributed by atoms with van der Waals surface area (Å²) in [6.45, 7) is 9.50. The van der Waals surface area contributed by atoms with Gasteiger partial charge in [0, 0.05) is 0 Å². The van der Waals surface area contributed by atoms with Gasteiger partial charge in [0.15, 0.2) is 0 Å². The summed E-state index contributed by atoms with van der Waals surface area (Å²) >= 11 is 0. The van der Waals surface area contributed by atoms with E-state index >= 15 is 0 Å². The van der Waals surface area contributed by atoms with E-state index in [0.717, 1.165) is 11.8 Å². The molecule has 0 heteroatoms. The van der Waals surface area contributed by atoms with E-state index in [1.54, 1.807) is 11.1 Å². The number of fused-ring (bicyclic) bond motifs is 1. The van der Waals surface area contributed by atoms with E-state index in [1.165, 1.54) is 12.8 Å². The fraction of sp³-hybridized carbons (Fsp3) is 0.818. The lowest BCUT2D eigenvalue weighted by molar-refractivity contribution is 0.478. The molecule has 0 heterocycles. The third-order valence-electron chi connectivity index (χ3n) is 3.88. The van der Waals surface area contributed by atoms with Gasteiger partial charge in [-0.2, -0.15) is 0 Å². The number of hydrogen-bond donors (Lipinski definition) is 0. The van der Waals surface area contributed by atoms with Gasteiger partial charge in [-0.3, -0.25) is 0 Å². The molecule has 0 aromatic carbocycles. The number of rotatable bonds is 0. The molecule has 0 aromatic heterocycles. The van der Waals surface area contributed by atoms with Gasteiger partial charge in [0.25, 0.3) is 0 Å². The summed E-state index contributed by atoms with van der Waals surface area (Å²) in [6.07, 6.45) is 2.87. The maximum Gasteiger partial charge on any atom is -0.00732 e. The van der Waals surface area contributed by atoms with E-state index in [1.807, 2.05) is 0 Å². The first-order valence-electron chi connectivity index (χ1n) is 4.76. The van der Waals surface area contributed by atoms with Crippen molar-refractivity contribution in [1.29, 1.82) is 0 Å². The van der Waals surface area contributed by atoms with E-state index < -0.39 is 0 Å². The number of allylic oxidation sites excluding steroid dienone is 2. The molecule has 0 N–H and O–H groups in total. The van der Waals surface area contributed by atoms with Crippen molar-refractivity contribution >= 4 is 0 Å². The Kier molecular flexibility index (Phi) is 1.28. The first kappa shape index (κ1) is 7.39. The standard InChI is InChI=1S/C11H18/c1-7-5-6-9-10(8(7)2)11(9,3)4/h7,9H,5-6H2,1-4H3. The minimum Gasteiger partial charge on any atom is -0.0704 e. The molecule has 2 unspecified atom stereocenters. The molecular weight excluding hydrogens is 132 g/mol. The second kappa shape index (κ2) is 1.91. The molecule has 2 atom stereocenters. The highest BCUT2D eigenvalue weighted by Gasteiger charge is 2.54. The van der Waals surface area contributed by atoms with E-state index in [4.69, 9.17) is 0 Å². The Balaban J connectivity index is 2.35. The summed E-state index contributed by atoms with van der Waals surface area (Å²) in [5.41, 5.74) is 4.07. The summed E-state index contributed by atoms with van der Waals surface area (Å²) in [4.78, 5) is 0. The topological polar surface area (TPSA) is 0 Å². The van der Waals surface area contributed by atoms with Gasteiger partial charge in [0.2, 0.25) is 0 Å². The third-order valence-corrected chi connectivity index (χ3v) is 3.88. The van der Waals surface area contributed by atoms with Gasteiger partial charge < -0.3 is 0 Å². The highest BCUT2D eigenvalue weighted by molar-refractivity contribution is 5.42. The van der Waals surface area contributed by atoms with Gasteiger partial charge in [-0.1, -0.05) is 31.9 Å². The summed E-state index contributed by atoms with van der Waals surface area (Å²) in [5.74, 6) is 1.82. The minimum absolute atomic E-state index is 0.578. The molecule has 1 fully saturated rings. The predicted octanol–water partition coefficient (Wildman–Crippen LogP) is 3.39. The van der Waals surface area contributed by atoms with Gasteiger partial charge in [0.05, 0.1) is 0 Å². The smallest absolute Gasteiger partial charge is 0.00732 e. The normalized spacial score (nSPS) is 40.4. The predicted molar refractivity (Wildman–Crippen MR) is 48.4 cm³/mol. The van der Waals surface area contributed by atoms with Crippen LogP contribution in [0.15, 0.2) is 11.1 Å². The monoisotopic (exact) mass is 150 g/mol. The quantitative estimate of drug-likeness (QED) is 0.464. The molecule has 0 bridgehead atoms. The van der Waals surface area contributed by atoms with Gasteiger partial charge in [-0.15, -0.1) is 0 Å². The molecule has 0 radical (unpaired) electrons. The zero-order valence-corrected chi connectivity index (χ0v) is 8.07. The molecule has 0 amide bonds. The van der Waals surface area contributed by atoms with Crippen LogP contribution in [0.2, 0.25) is 0 Å². The van der Waals surface area contributed by atoms with Gasteiger partial charge in [0.1, 0.15) is 0 Å². The molecule has 62 valence electrons. The van der Waals surface area contributed by atoms with Gasteiger partial charge in [-0.05, 0) is 37.0 Å². The molecule has 2 aliphatic rings. The molecule has 0 saturated heterocycles. The second-order valence-electron chi connectivity index (χ2n) is 4.85. The summed E-state index contributed by atoms with van der Waals surface area (Å²) in [6, 6.07) is 0. The van der Waals surface area contributed by atoms with Crippen molar-refractivity contribution in [3.05, 3.63) is 11.1 Å². The number of hydrogen-bond acceptors (Lipinski definition) is 0.